The molecule has 5 rings (SSSR count). The number of carbonyl (C=O) groups excluding carboxylic acids is 1. The molecule has 2 aliphatic heterocycles. The minimum Gasteiger partial charge on any atom is -0.311 e. The Labute approximate surface area is 183 Å². The number of thioether (sulfide) groups is 2. The number of rotatable bonds is 4. The summed E-state index contributed by atoms with van der Waals surface area (Å²) in [6, 6.07) is 15.9. The Bertz CT molecular complexity index is 1190. The molecule has 0 radical (unpaired) electrons. The standard InChI is InChI=1S/C23H21N3O2S2/c1-15-6-8-17(9-7-15)26-22(28)21-18(11-13-29-21)24-23(26)30-14-20(27)25-12-10-16-4-2-3-5-19(16)25/h2-9H,10-14H2,1H3. The lowest BCUT2D eigenvalue weighted by molar-refractivity contribution is -0.116. The minimum atomic E-state index is -0.0344. The topological polar surface area (TPSA) is 55.2 Å². The first kappa shape index (κ1) is 19.5. The highest BCUT2D eigenvalue weighted by atomic mass is 32.2. The Balaban J connectivity index is 1.46. The van der Waals surface area contributed by atoms with Crippen LogP contribution in [0.3, 0.4) is 0 Å². The Kier molecular flexibility index (Phi) is 5.16. The van der Waals surface area contributed by atoms with Gasteiger partial charge in [0.2, 0.25) is 5.91 Å². The number of carbonyl (C=O) groups is 1. The number of benzene rings is 2. The van der Waals surface area contributed by atoms with E-state index in [9.17, 15) is 9.59 Å². The number of aromatic nitrogens is 2. The summed E-state index contributed by atoms with van der Waals surface area (Å²) < 4.78 is 1.66. The molecule has 30 heavy (non-hydrogen) atoms. The maximum absolute atomic E-state index is 13.2. The highest BCUT2D eigenvalue weighted by Gasteiger charge is 2.26. The Morgan fingerprint density at radius 3 is 2.77 bits per heavy atom. The molecule has 1 aromatic heterocycles. The molecule has 0 aliphatic carbocycles. The van der Waals surface area contributed by atoms with Crippen LogP contribution < -0.4 is 10.5 Å². The van der Waals surface area contributed by atoms with E-state index < -0.39 is 0 Å². The summed E-state index contributed by atoms with van der Waals surface area (Å²) in [6.45, 7) is 2.73. The van der Waals surface area contributed by atoms with Gasteiger partial charge in [0.05, 0.1) is 22.0 Å². The lowest BCUT2D eigenvalue weighted by atomic mass is 10.2. The molecule has 0 unspecified atom stereocenters. The van der Waals surface area contributed by atoms with Crippen molar-refractivity contribution in [3.63, 3.8) is 0 Å². The summed E-state index contributed by atoms with van der Waals surface area (Å²) in [6.07, 6.45) is 1.68. The zero-order valence-corrected chi connectivity index (χ0v) is 18.3. The van der Waals surface area contributed by atoms with Gasteiger partial charge in [-0.2, -0.15) is 0 Å². The lowest BCUT2D eigenvalue weighted by Crippen LogP contribution is -2.31. The summed E-state index contributed by atoms with van der Waals surface area (Å²) in [7, 11) is 0. The summed E-state index contributed by atoms with van der Waals surface area (Å²) in [4.78, 5) is 33.6. The van der Waals surface area contributed by atoms with Gasteiger partial charge in [-0.1, -0.05) is 47.7 Å². The molecule has 0 saturated carbocycles. The largest absolute Gasteiger partial charge is 0.311 e. The molecule has 0 atom stereocenters. The molecular formula is C23H21N3O2S2. The van der Waals surface area contributed by atoms with Gasteiger partial charge in [-0.3, -0.25) is 14.2 Å². The molecule has 1 amide bonds. The minimum absolute atomic E-state index is 0.0344. The van der Waals surface area contributed by atoms with Crippen molar-refractivity contribution >= 4 is 35.1 Å². The van der Waals surface area contributed by atoms with Crippen LogP contribution in [0.1, 0.15) is 16.8 Å². The molecule has 3 heterocycles. The predicted octanol–water partition coefficient (Wildman–Crippen LogP) is 3.87. The maximum atomic E-state index is 13.2. The van der Waals surface area contributed by atoms with E-state index in [1.807, 2.05) is 54.3 Å². The van der Waals surface area contributed by atoms with Crippen molar-refractivity contribution in [3.05, 3.63) is 75.7 Å². The van der Waals surface area contributed by atoms with Crippen LogP contribution >= 0.6 is 23.5 Å². The van der Waals surface area contributed by atoms with E-state index in [0.29, 0.717) is 11.7 Å². The van der Waals surface area contributed by atoms with Gasteiger partial charge in [0, 0.05) is 24.4 Å². The first-order chi connectivity index (χ1) is 14.6. The quantitative estimate of drug-likeness (QED) is 0.460. The smallest absolute Gasteiger partial charge is 0.272 e. The van der Waals surface area contributed by atoms with E-state index in [0.717, 1.165) is 46.1 Å². The number of nitrogens with zero attached hydrogens (tertiary/aromatic N) is 3. The number of amides is 1. The number of hydrogen-bond donors (Lipinski definition) is 0. The van der Waals surface area contributed by atoms with Gasteiger partial charge in [-0.05, 0) is 37.1 Å². The molecule has 152 valence electrons. The van der Waals surface area contributed by atoms with Crippen molar-refractivity contribution in [1.29, 1.82) is 0 Å². The van der Waals surface area contributed by atoms with E-state index in [2.05, 4.69) is 6.07 Å². The molecule has 2 aromatic carbocycles. The highest BCUT2D eigenvalue weighted by molar-refractivity contribution is 8.00. The van der Waals surface area contributed by atoms with Gasteiger partial charge in [0.1, 0.15) is 0 Å². The summed E-state index contributed by atoms with van der Waals surface area (Å²) in [5.74, 6) is 1.17. The molecule has 0 spiro atoms. The molecule has 2 aliphatic rings. The van der Waals surface area contributed by atoms with Gasteiger partial charge in [-0.25, -0.2) is 4.98 Å². The van der Waals surface area contributed by atoms with Gasteiger partial charge < -0.3 is 4.90 Å². The van der Waals surface area contributed by atoms with Gasteiger partial charge in [0.25, 0.3) is 5.56 Å². The van der Waals surface area contributed by atoms with Crippen LogP contribution in [0, 0.1) is 6.92 Å². The summed E-state index contributed by atoms with van der Waals surface area (Å²) >= 11 is 2.92. The zero-order chi connectivity index (χ0) is 20.7. The third-order valence-electron chi connectivity index (χ3n) is 5.47. The molecule has 5 nitrogen and oxygen atoms in total. The number of hydrogen-bond acceptors (Lipinski definition) is 5. The Morgan fingerprint density at radius 2 is 1.93 bits per heavy atom. The van der Waals surface area contributed by atoms with Crippen molar-refractivity contribution in [1.82, 2.24) is 9.55 Å². The second kappa shape index (κ2) is 7.96. The van der Waals surface area contributed by atoms with Crippen molar-refractivity contribution in [2.45, 2.75) is 29.8 Å². The molecule has 7 heteroatoms. The summed E-state index contributed by atoms with van der Waals surface area (Å²) in [5, 5.41) is 0.589. The zero-order valence-electron chi connectivity index (χ0n) is 16.6. The predicted molar refractivity (Wildman–Crippen MR) is 122 cm³/mol. The number of para-hydroxylation sites is 1. The van der Waals surface area contributed by atoms with Crippen LogP contribution in [-0.2, 0) is 17.6 Å². The molecular weight excluding hydrogens is 414 g/mol. The Morgan fingerprint density at radius 1 is 1.13 bits per heavy atom. The molecule has 0 bridgehead atoms. The van der Waals surface area contributed by atoms with E-state index in [4.69, 9.17) is 4.98 Å². The van der Waals surface area contributed by atoms with E-state index in [1.54, 1.807) is 16.3 Å². The van der Waals surface area contributed by atoms with Crippen molar-refractivity contribution in [2.75, 3.05) is 23.0 Å². The molecule has 3 aromatic rings. The van der Waals surface area contributed by atoms with Crippen LogP contribution in [0.2, 0.25) is 0 Å². The van der Waals surface area contributed by atoms with Crippen LogP contribution in [0.15, 0.2) is 63.4 Å². The van der Waals surface area contributed by atoms with Crippen LogP contribution in [-0.4, -0.2) is 33.5 Å². The van der Waals surface area contributed by atoms with E-state index >= 15 is 0 Å². The van der Waals surface area contributed by atoms with Crippen LogP contribution in [0.4, 0.5) is 5.69 Å². The SMILES string of the molecule is Cc1ccc(-n2c(SCC(=O)N3CCc4ccccc43)nc3c(c2=O)SCC3)cc1. The monoisotopic (exact) mass is 435 g/mol. The van der Waals surface area contributed by atoms with E-state index in [1.165, 1.54) is 17.3 Å². The Hall–Kier alpha value is -2.51. The average Bonchev–Trinajstić information content (AvgIpc) is 3.40. The normalized spacial score (nSPS) is 14.6. The van der Waals surface area contributed by atoms with Crippen LogP contribution in [0.25, 0.3) is 5.69 Å². The number of aryl methyl sites for hydroxylation is 2. The average molecular weight is 436 g/mol. The van der Waals surface area contributed by atoms with Crippen LogP contribution in [0.5, 0.6) is 0 Å². The fourth-order valence-electron chi connectivity index (χ4n) is 3.91. The third kappa shape index (κ3) is 3.46. The highest BCUT2D eigenvalue weighted by Crippen LogP contribution is 2.31. The molecule has 0 N–H and O–H groups in total. The van der Waals surface area contributed by atoms with Crippen molar-refractivity contribution in [2.24, 2.45) is 0 Å². The van der Waals surface area contributed by atoms with Crippen molar-refractivity contribution < 1.29 is 4.79 Å². The third-order valence-corrected chi connectivity index (χ3v) is 7.50. The second-order valence-electron chi connectivity index (χ2n) is 7.46. The number of fused-ring (bicyclic) bond motifs is 2. The molecule has 0 saturated heterocycles. The summed E-state index contributed by atoms with van der Waals surface area (Å²) in [5.41, 5.74) is 4.95. The lowest BCUT2D eigenvalue weighted by Gasteiger charge is -2.18. The van der Waals surface area contributed by atoms with Crippen molar-refractivity contribution in [3.8, 4) is 5.69 Å². The maximum Gasteiger partial charge on any atom is 0.272 e. The first-order valence-corrected chi connectivity index (χ1v) is 12.0. The number of anilines is 1. The van der Waals surface area contributed by atoms with Gasteiger partial charge in [0.15, 0.2) is 5.16 Å². The fourth-order valence-corrected chi connectivity index (χ4v) is 5.84. The first-order valence-electron chi connectivity index (χ1n) is 9.98. The second-order valence-corrected chi connectivity index (χ2v) is 9.51. The fraction of sp³-hybridized carbons (Fsp3) is 0.261. The van der Waals surface area contributed by atoms with E-state index in [-0.39, 0.29) is 17.2 Å². The van der Waals surface area contributed by atoms with Gasteiger partial charge in [-0.15, -0.1) is 11.8 Å². The molecule has 0 fully saturated rings. The van der Waals surface area contributed by atoms with Gasteiger partial charge >= 0.3 is 0 Å².